The maximum Gasteiger partial charge on any atom is 0.272 e. The van der Waals surface area contributed by atoms with E-state index in [0.29, 0.717) is 30.0 Å². The van der Waals surface area contributed by atoms with Gasteiger partial charge in [0.05, 0.1) is 17.7 Å². The number of halogens is 1. The Bertz CT molecular complexity index is 647. The van der Waals surface area contributed by atoms with Crippen molar-refractivity contribution in [3.8, 4) is 5.75 Å². The van der Waals surface area contributed by atoms with Gasteiger partial charge in [0.2, 0.25) is 0 Å². The molecule has 0 fully saturated rings. The summed E-state index contributed by atoms with van der Waals surface area (Å²) in [6.45, 7) is 0.479. The number of benzene rings is 2. The molecule has 2 rings (SSSR count). The van der Waals surface area contributed by atoms with Crippen LogP contribution in [0.4, 0.5) is 15.8 Å². The van der Waals surface area contributed by atoms with Gasteiger partial charge in [0.1, 0.15) is 11.6 Å². The first-order valence-corrected chi connectivity index (χ1v) is 6.41. The Kier molecular flexibility index (Phi) is 4.71. The van der Waals surface area contributed by atoms with Gasteiger partial charge in [0.25, 0.3) is 5.69 Å². The number of methoxy groups -OCH3 is 1. The fraction of sp³-hybridized carbons (Fsp3) is 0.200. The van der Waals surface area contributed by atoms with Gasteiger partial charge in [0.15, 0.2) is 0 Å². The predicted octanol–water partition coefficient (Wildman–Crippen LogP) is 3.40. The molecule has 0 amide bonds. The van der Waals surface area contributed by atoms with Crippen molar-refractivity contribution in [1.29, 1.82) is 0 Å². The van der Waals surface area contributed by atoms with Crippen molar-refractivity contribution in [3.63, 3.8) is 0 Å². The number of nitro benzene ring substituents is 1. The minimum atomic E-state index is -0.395. The van der Waals surface area contributed by atoms with Gasteiger partial charge in [-0.2, -0.15) is 0 Å². The lowest BCUT2D eigenvalue weighted by atomic mass is 10.1. The van der Waals surface area contributed by atoms with Crippen LogP contribution in [0.1, 0.15) is 5.56 Å². The summed E-state index contributed by atoms with van der Waals surface area (Å²) in [4.78, 5) is 10.5. The average Bonchev–Trinajstić information content (AvgIpc) is 2.49. The molecule has 0 aliphatic rings. The van der Waals surface area contributed by atoms with Crippen molar-refractivity contribution in [2.45, 2.75) is 6.42 Å². The van der Waals surface area contributed by atoms with E-state index in [1.807, 2.05) is 0 Å². The summed E-state index contributed by atoms with van der Waals surface area (Å²) in [6, 6.07) is 10.8. The van der Waals surface area contributed by atoms with E-state index in [1.54, 1.807) is 24.3 Å². The van der Waals surface area contributed by atoms with Crippen LogP contribution in [-0.2, 0) is 6.42 Å². The molecule has 0 atom stereocenters. The molecule has 2 aromatic carbocycles. The third-order valence-electron chi connectivity index (χ3n) is 3.06. The molecule has 0 unspecified atom stereocenters. The Labute approximate surface area is 121 Å². The Morgan fingerprint density at radius 2 is 2.05 bits per heavy atom. The van der Waals surface area contributed by atoms with Gasteiger partial charge in [0, 0.05) is 24.2 Å². The highest BCUT2D eigenvalue weighted by atomic mass is 19.1. The maximum absolute atomic E-state index is 13.1. The quantitative estimate of drug-likeness (QED) is 0.654. The number of nitrogens with zero attached hydrogens (tertiary/aromatic N) is 1. The predicted molar refractivity (Wildman–Crippen MR) is 78.2 cm³/mol. The third-order valence-corrected chi connectivity index (χ3v) is 3.06. The van der Waals surface area contributed by atoms with Crippen molar-refractivity contribution >= 4 is 11.4 Å². The van der Waals surface area contributed by atoms with Crippen molar-refractivity contribution in [3.05, 3.63) is 64.0 Å². The zero-order valence-corrected chi connectivity index (χ0v) is 11.5. The van der Waals surface area contributed by atoms with Crippen LogP contribution in [-0.4, -0.2) is 18.6 Å². The molecule has 0 saturated heterocycles. The van der Waals surface area contributed by atoms with Crippen LogP contribution >= 0.6 is 0 Å². The van der Waals surface area contributed by atoms with E-state index in [1.165, 1.54) is 25.3 Å². The summed E-state index contributed by atoms with van der Waals surface area (Å²) < 4.78 is 18.2. The molecule has 0 bridgehead atoms. The van der Waals surface area contributed by atoms with Crippen molar-refractivity contribution in [2.75, 3.05) is 19.0 Å². The number of para-hydroxylation sites is 1. The number of nitrogens with one attached hydrogen (secondary N) is 1. The van der Waals surface area contributed by atoms with Gasteiger partial charge in [-0.05, 0) is 18.6 Å². The van der Waals surface area contributed by atoms with E-state index in [9.17, 15) is 14.5 Å². The summed E-state index contributed by atoms with van der Waals surface area (Å²) in [5.41, 5.74) is 1.40. The molecule has 0 aliphatic carbocycles. The lowest BCUT2D eigenvalue weighted by Gasteiger charge is -2.11. The summed E-state index contributed by atoms with van der Waals surface area (Å²) >= 11 is 0. The molecule has 5 nitrogen and oxygen atoms in total. The molecule has 0 heterocycles. The molecule has 6 heteroatoms. The first kappa shape index (κ1) is 14.8. The molecule has 0 saturated carbocycles. The molecule has 21 heavy (non-hydrogen) atoms. The van der Waals surface area contributed by atoms with E-state index in [0.717, 1.165) is 0 Å². The Morgan fingerprint density at radius 3 is 2.76 bits per heavy atom. The summed E-state index contributed by atoms with van der Waals surface area (Å²) in [7, 11) is 1.46. The second-order valence-corrected chi connectivity index (χ2v) is 4.41. The number of rotatable bonds is 6. The van der Waals surface area contributed by atoms with Crippen LogP contribution in [0.25, 0.3) is 0 Å². The Hall–Kier alpha value is -2.63. The molecule has 0 aliphatic heterocycles. The average molecular weight is 290 g/mol. The van der Waals surface area contributed by atoms with Crippen LogP contribution in [0.3, 0.4) is 0 Å². The van der Waals surface area contributed by atoms with Crippen molar-refractivity contribution < 1.29 is 14.1 Å². The topological polar surface area (TPSA) is 64.4 Å². The highest BCUT2D eigenvalue weighted by Gasteiger charge is 2.12. The standard InChI is InChI=1S/C15H15FN2O3/c1-21-15-10-12(16)6-7-13(15)17-9-8-11-4-2-3-5-14(11)18(19)20/h2-7,10,17H,8-9H2,1H3. The minimum Gasteiger partial charge on any atom is -0.494 e. The molecule has 2 aromatic rings. The van der Waals surface area contributed by atoms with Crippen LogP contribution in [0, 0.1) is 15.9 Å². The third kappa shape index (κ3) is 3.68. The minimum absolute atomic E-state index is 0.102. The zero-order valence-electron chi connectivity index (χ0n) is 11.5. The SMILES string of the molecule is COc1cc(F)ccc1NCCc1ccccc1[N+](=O)[O-]. The van der Waals surface area contributed by atoms with Gasteiger partial charge in [-0.1, -0.05) is 18.2 Å². The van der Waals surface area contributed by atoms with Crippen molar-refractivity contribution in [2.24, 2.45) is 0 Å². The normalized spacial score (nSPS) is 10.2. The number of hydrogen-bond acceptors (Lipinski definition) is 4. The highest BCUT2D eigenvalue weighted by molar-refractivity contribution is 5.56. The van der Waals surface area contributed by atoms with Gasteiger partial charge < -0.3 is 10.1 Å². The largest absolute Gasteiger partial charge is 0.494 e. The van der Waals surface area contributed by atoms with Gasteiger partial charge in [-0.3, -0.25) is 10.1 Å². The van der Waals surface area contributed by atoms with Gasteiger partial charge in [-0.15, -0.1) is 0 Å². The molecular formula is C15H15FN2O3. The first-order chi connectivity index (χ1) is 10.1. The van der Waals surface area contributed by atoms with E-state index in [2.05, 4.69) is 5.32 Å². The monoisotopic (exact) mass is 290 g/mol. The Balaban J connectivity index is 2.04. The smallest absolute Gasteiger partial charge is 0.272 e. The first-order valence-electron chi connectivity index (χ1n) is 6.41. The highest BCUT2D eigenvalue weighted by Crippen LogP contribution is 2.25. The summed E-state index contributed by atoms with van der Waals surface area (Å²) in [5, 5.41) is 14.0. The van der Waals surface area contributed by atoms with Gasteiger partial charge >= 0.3 is 0 Å². The molecule has 110 valence electrons. The molecule has 1 N–H and O–H groups in total. The molecule has 0 radical (unpaired) electrons. The Morgan fingerprint density at radius 1 is 1.29 bits per heavy atom. The number of nitro groups is 1. The fourth-order valence-electron chi connectivity index (χ4n) is 2.04. The second kappa shape index (κ2) is 6.69. The lowest BCUT2D eigenvalue weighted by molar-refractivity contribution is -0.385. The van der Waals surface area contributed by atoms with Crippen molar-refractivity contribution in [1.82, 2.24) is 0 Å². The fourth-order valence-corrected chi connectivity index (χ4v) is 2.04. The summed E-state index contributed by atoms with van der Waals surface area (Å²) in [6.07, 6.45) is 0.484. The maximum atomic E-state index is 13.1. The molecule has 0 aromatic heterocycles. The zero-order chi connectivity index (χ0) is 15.2. The lowest BCUT2D eigenvalue weighted by Crippen LogP contribution is -2.07. The molecule has 0 spiro atoms. The summed E-state index contributed by atoms with van der Waals surface area (Å²) in [5.74, 6) is 0.0219. The van der Waals surface area contributed by atoms with Gasteiger partial charge in [-0.25, -0.2) is 4.39 Å². The number of anilines is 1. The van der Waals surface area contributed by atoms with E-state index >= 15 is 0 Å². The van der Waals surface area contributed by atoms with Crippen LogP contribution in [0.15, 0.2) is 42.5 Å². The van der Waals surface area contributed by atoms with E-state index < -0.39 is 4.92 Å². The number of hydrogen-bond donors (Lipinski definition) is 1. The van der Waals surface area contributed by atoms with Crippen LogP contribution in [0.2, 0.25) is 0 Å². The van der Waals surface area contributed by atoms with E-state index in [4.69, 9.17) is 4.74 Å². The van der Waals surface area contributed by atoms with E-state index in [-0.39, 0.29) is 11.5 Å². The van der Waals surface area contributed by atoms with Crippen LogP contribution in [0.5, 0.6) is 5.75 Å². The second-order valence-electron chi connectivity index (χ2n) is 4.41. The number of ether oxygens (including phenoxy) is 1. The molecular weight excluding hydrogens is 275 g/mol. The van der Waals surface area contributed by atoms with Crippen LogP contribution < -0.4 is 10.1 Å².